The van der Waals surface area contributed by atoms with E-state index in [0.29, 0.717) is 12.5 Å². The molecule has 1 amide bonds. The van der Waals surface area contributed by atoms with Gasteiger partial charge in [-0.1, -0.05) is 12.2 Å². The maximum absolute atomic E-state index is 11.5. The maximum atomic E-state index is 11.5. The van der Waals surface area contributed by atoms with E-state index in [1.807, 2.05) is 6.92 Å². The molecule has 0 aliphatic heterocycles. The lowest BCUT2D eigenvalue weighted by atomic mass is 10.3. The van der Waals surface area contributed by atoms with Crippen LogP contribution in [0.3, 0.4) is 0 Å². The summed E-state index contributed by atoms with van der Waals surface area (Å²) < 4.78 is 0. The number of carbonyl (C=O) groups is 1. The summed E-state index contributed by atoms with van der Waals surface area (Å²) >= 11 is 1.76. The number of carbonyl (C=O) groups excluding carboxylic acids is 1. The molecule has 0 fully saturated rings. The Hall–Kier alpha value is -0.440. The zero-order valence-corrected chi connectivity index (χ0v) is 15.3. The molecule has 0 spiro atoms. The summed E-state index contributed by atoms with van der Waals surface area (Å²) in [6, 6.07) is 0. The first kappa shape index (κ1) is 20.9. The van der Waals surface area contributed by atoms with Crippen LogP contribution in [0.1, 0.15) is 6.92 Å². The van der Waals surface area contributed by atoms with E-state index in [0.717, 1.165) is 17.9 Å². The number of thioether (sulfide) groups is 1. The van der Waals surface area contributed by atoms with Crippen molar-refractivity contribution in [1.82, 2.24) is 15.5 Å². The summed E-state index contributed by atoms with van der Waals surface area (Å²) in [6.07, 6.45) is 2.05. The van der Waals surface area contributed by atoms with Crippen molar-refractivity contribution in [2.24, 2.45) is 4.99 Å². The Morgan fingerprint density at radius 1 is 1.37 bits per heavy atom. The van der Waals surface area contributed by atoms with E-state index in [9.17, 15) is 4.79 Å². The molecule has 0 heterocycles. The van der Waals surface area contributed by atoms with Crippen molar-refractivity contribution in [3.8, 4) is 0 Å². The predicted octanol–water partition coefficient (Wildman–Crippen LogP) is 1.17. The lowest BCUT2D eigenvalue weighted by molar-refractivity contribution is -0.127. The first-order chi connectivity index (χ1) is 8.47. The quantitative estimate of drug-likeness (QED) is 0.222. The van der Waals surface area contributed by atoms with E-state index in [1.54, 1.807) is 25.9 Å². The Morgan fingerprint density at radius 2 is 2.00 bits per heavy atom. The first-order valence-corrected chi connectivity index (χ1v) is 7.22. The zero-order chi connectivity index (χ0) is 14.0. The summed E-state index contributed by atoms with van der Waals surface area (Å²) in [5, 5.41) is 6.31. The van der Waals surface area contributed by atoms with Crippen molar-refractivity contribution >= 4 is 47.6 Å². The van der Waals surface area contributed by atoms with Crippen LogP contribution >= 0.6 is 35.7 Å². The van der Waals surface area contributed by atoms with Crippen molar-refractivity contribution < 1.29 is 4.79 Å². The molecule has 0 aromatic rings. The Morgan fingerprint density at radius 3 is 2.47 bits per heavy atom. The number of aliphatic imine (C=N–C) groups is 1. The van der Waals surface area contributed by atoms with Gasteiger partial charge in [0, 0.05) is 32.9 Å². The molecule has 112 valence electrons. The van der Waals surface area contributed by atoms with Gasteiger partial charge in [-0.05, 0) is 13.2 Å². The normalized spacial score (nSPS) is 10.4. The number of hydrogen-bond acceptors (Lipinski definition) is 3. The summed E-state index contributed by atoms with van der Waals surface area (Å²) in [5.41, 5.74) is 1.02. The van der Waals surface area contributed by atoms with Crippen LogP contribution in [0.25, 0.3) is 0 Å². The van der Waals surface area contributed by atoms with Crippen molar-refractivity contribution in [1.29, 1.82) is 0 Å². The number of nitrogens with one attached hydrogen (secondary N) is 2. The molecule has 0 aromatic heterocycles. The molecular formula is C12H25IN4OS. The molecule has 0 unspecified atom stereocenters. The van der Waals surface area contributed by atoms with Gasteiger partial charge in [-0.25, -0.2) is 4.99 Å². The second kappa shape index (κ2) is 12.6. The number of amides is 1. The van der Waals surface area contributed by atoms with Crippen LogP contribution < -0.4 is 10.6 Å². The van der Waals surface area contributed by atoms with Crippen molar-refractivity contribution in [2.75, 3.05) is 45.7 Å². The lowest BCUT2D eigenvalue weighted by Crippen LogP contribution is -2.40. The van der Waals surface area contributed by atoms with Gasteiger partial charge in [0.15, 0.2) is 5.96 Å². The van der Waals surface area contributed by atoms with Gasteiger partial charge in [-0.3, -0.25) is 4.79 Å². The monoisotopic (exact) mass is 400 g/mol. The third-order valence-corrected chi connectivity index (χ3v) is 2.64. The Labute approximate surface area is 137 Å². The number of likely N-dealkylation sites (N-methyl/N-ethyl adjacent to an activating group) is 1. The van der Waals surface area contributed by atoms with Crippen LogP contribution in [0.2, 0.25) is 0 Å². The fraction of sp³-hybridized carbons (Fsp3) is 0.667. The molecule has 5 nitrogen and oxygen atoms in total. The highest BCUT2D eigenvalue weighted by Gasteiger charge is 2.03. The Balaban J connectivity index is 0. The van der Waals surface area contributed by atoms with E-state index in [2.05, 4.69) is 28.5 Å². The molecule has 0 aliphatic rings. The second-order valence-electron chi connectivity index (χ2n) is 4.18. The van der Waals surface area contributed by atoms with Crippen molar-refractivity contribution in [3.63, 3.8) is 0 Å². The topological polar surface area (TPSA) is 56.7 Å². The molecule has 0 bridgehead atoms. The summed E-state index contributed by atoms with van der Waals surface area (Å²) in [4.78, 5) is 17.2. The van der Waals surface area contributed by atoms with Gasteiger partial charge < -0.3 is 15.5 Å². The van der Waals surface area contributed by atoms with Gasteiger partial charge in [-0.2, -0.15) is 11.8 Å². The van der Waals surface area contributed by atoms with Crippen LogP contribution in [0.4, 0.5) is 0 Å². The standard InChI is InChI=1S/C12H24N4OS.HI/c1-10(2)8-14-12(13-6-7-18-5)15-9-11(17)16(3)4;/h1,6-9H2,2-5H3,(H2,13,14,15);1H. The highest BCUT2D eigenvalue weighted by molar-refractivity contribution is 14.0. The number of halogens is 1. The molecule has 0 saturated heterocycles. The average Bonchev–Trinajstić information content (AvgIpc) is 2.31. The van der Waals surface area contributed by atoms with Crippen LogP contribution in [-0.2, 0) is 4.79 Å². The van der Waals surface area contributed by atoms with Gasteiger partial charge >= 0.3 is 0 Å². The maximum Gasteiger partial charge on any atom is 0.243 e. The third-order valence-electron chi connectivity index (χ3n) is 2.03. The first-order valence-electron chi connectivity index (χ1n) is 5.83. The summed E-state index contributed by atoms with van der Waals surface area (Å²) in [5.74, 6) is 1.63. The molecule has 0 atom stereocenters. The predicted molar refractivity (Wildman–Crippen MR) is 95.6 cm³/mol. The van der Waals surface area contributed by atoms with Crippen LogP contribution in [0.15, 0.2) is 17.1 Å². The smallest absolute Gasteiger partial charge is 0.243 e. The molecule has 7 heteroatoms. The molecule has 0 saturated carbocycles. The number of hydrogen-bond donors (Lipinski definition) is 2. The molecule has 0 aliphatic carbocycles. The molecule has 0 aromatic carbocycles. The van der Waals surface area contributed by atoms with Crippen molar-refractivity contribution in [2.45, 2.75) is 6.92 Å². The minimum absolute atomic E-state index is 0. The Bertz CT molecular complexity index is 308. The Kier molecular flexibility index (Phi) is 13.8. The van der Waals surface area contributed by atoms with E-state index < -0.39 is 0 Å². The van der Waals surface area contributed by atoms with Crippen LogP contribution in [-0.4, -0.2) is 62.5 Å². The highest BCUT2D eigenvalue weighted by Crippen LogP contribution is 1.88. The van der Waals surface area contributed by atoms with Crippen molar-refractivity contribution in [3.05, 3.63) is 12.2 Å². The summed E-state index contributed by atoms with van der Waals surface area (Å²) in [6.45, 7) is 7.39. The van der Waals surface area contributed by atoms with Crippen LogP contribution in [0.5, 0.6) is 0 Å². The number of rotatable bonds is 7. The molecule has 19 heavy (non-hydrogen) atoms. The fourth-order valence-corrected chi connectivity index (χ4v) is 1.27. The van der Waals surface area contributed by atoms with Crippen LogP contribution in [0, 0.1) is 0 Å². The van der Waals surface area contributed by atoms with Gasteiger partial charge in [0.25, 0.3) is 0 Å². The lowest BCUT2D eigenvalue weighted by Gasteiger charge is -2.13. The second-order valence-corrected chi connectivity index (χ2v) is 5.17. The third kappa shape index (κ3) is 12.3. The highest BCUT2D eigenvalue weighted by atomic mass is 127. The van der Waals surface area contributed by atoms with Gasteiger partial charge in [0.05, 0.1) is 0 Å². The molecular weight excluding hydrogens is 375 g/mol. The summed E-state index contributed by atoms with van der Waals surface area (Å²) in [7, 11) is 3.44. The molecule has 2 N–H and O–H groups in total. The zero-order valence-electron chi connectivity index (χ0n) is 12.2. The van der Waals surface area contributed by atoms with Gasteiger partial charge in [-0.15, -0.1) is 24.0 Å². The van der Waals surface area contributed by atoms with Gasteiger partial charge in [0.2, 0.25) is 5.91 Å². The minimum atomic E-state index is -0.0173. The molecule has 0 rings (SSSR count). The SMILES string of the molecule is C=C(C)CNC(=NCC(=O)N(C)C)NCCSC.I. The largest absolute Gasteiger partial charge is 0.356 e. The molecule has 0 radical (unpaired) electrons. The number of nitrogens with zero attached hydrogens (tertiary/aromatic N) is 2. The van der Waals surface area contributed by atoms with Gasteiger partial charge in [0.1, 0.15) is 6.54 Å². The van der Waals surface area contributed by atoms with E-state index >= 15 is 0 Å². The van der Waals surface area contributed by atoms with E-state index in [-0.39, 0.29) is 36.4 Å². The average molecular weight is 400 g/mol. The minimum Gasteiger partial charge on any atom is -0.356 e. The van der Waals surface area contributed by atoms with E-state index in [1.165, 1.54) is 4.90 Å². The fourth-order valence-electron chi connectivity index (χ4n) is 0.969. The number of guanidine groups is 1. The van der Waals surface area contributed by atoms with E-state index in [4.69, 9.17) is 0 Å².